The Labute approximate surface area is 699 Å². The third-order valence-electron chi connectivity index (χ3n) is 25.6. The summed E-state index contributed by atoms with van der Waals surface area (Å²) >= 11 is 6.10. The van der Waals surface area contributed by atoms with Crippen LogP contribution in [0.2, 0.25) is 5.02 Å². The first-order chi connectivity index (χ1) is 57.8. The van der Waals surface area contributed by atoms with Crippen molar-refractivity contribution in [3.05, 3.63) is 391 Å². The Kier molecular flexibility index (Phi) is 20.6. The van der Waals surface area contributed by atoms with Crippen LogP contribution < -0.4 is 5.46 Å². The van der Waals surface area contributed by atoms with Gasteiger partial charge in [-0.3, -0.25) is 0 Å². The third-order valence-corrected chi connectivity index (χ3v) is 25.9. The molecule has 1 aliphatic heterocycles. The van der Waals surface area contributed by atoms with Crippen LogP contribution in [0.3, 0.4) is 0 Å². The molecule has 3 heterocycles. The van der Waals surface area contributed by atoms with Crippen molar-refractivity contribution in [2.45, 2.75) is 114 Å². The zero-order chi connectivity index (χ0) is 79.8. The fourth-order valence-corrected chi connectivity index (χ4v) is 18.8. The second-order valence-electron chi connectivity index (χ2n) is 33.3. The van der Waals surface area contributed by atoms with E-state index in [-0.39, 0.29) is 29.2 Å². The van der Waals surface area contributed by atoms with Crippen LogP contribution in [-0.4, -0.2) is 38.3 Å². The molecule has 5 aliphatic rings. The second-order valence-corrected chi connectivity index (χ2v) is 33.8. The molecule has 574 valence electrons. The molecule has 2 aromatic heterocycles. The first kappa shape index (κ1) is 75.5. The standard InChI is InChI=1S/C52H40N2.C34H23ClN2.C24H29BO2/c1-4-13-36(14-5-1)37-25-27-41(28-26-37)50-35-49(40-15-6-2-7-16-40)53-51(54-50)44-18-12-17-42(33-44)38-21-23-39(24-22-38)43-29-30-48-46(34-43)45-19-8-9-20-47(45)52(48)31-10-3-11-32-52;35-31-20-18-26(19-21-31)29-12-7-13-30(22-29)34-36-32(27-10-5-2-6-11-27)23-33(37-34)28-16-14-25(15-17-28)24-8-3-1-4-9-24;1-22(2)23(3,4)27-25(26-22)17-12-13-21-19(16-17)18-10-6-7-11-20(18)24(21)14-8-5-9-15-24/h1-2,4-9,12-30,33-35H,3,10-11,31-32H2;1-23H;6-7,10-13,16H,5,8-9,14-15H2,1-4H3. The molecule has 0 unspecified atom stereocenters. The van der Waals surface area contributed by atoms with Crippen molar-refractivity contribution in [2.24, 2.45) is 0 Å². The lowest BCUT2D eigenvalue weighted by Gasteiger charge is -2.36. The van der Waals surface area contributed by atoms with Gasteiger partial charge in [-0.2, -0.15) is 0 Å². The highest BCUT2D eigenvalue weighted by Gasteiger charge is 2.53. The average Bonchev–Trinajstić information content (AvgIpc) is 1.56. The van der Waals surface area contributed by atoms with Crippen LogP contribution in [-0.2, 0) is 20.1 Å². The van der Waals surface area contributed by atoms with Crippen molar-refractivity contribution in [3.8, 4) is 146 Å². The van der Waals surface area contributed by atoms with E-state index in [4.69, 9.17) is 40.8 Å². The number of benzene rings is 14. The minimum atomic E-state index is -0.306. The van der Waals surface area contributed by atoms with Crippen LogP contribution in [0.1, 0.15) is 114 Å². The number of hydrogen-bond acceptors (Lipinski definition) is 6. The van der Waals surface area contributed by atoms with Gasteiger partial charge < -0.3 is 9.31 Å². The largest absolute Gasteiger partial charge is 0.494 e. The molecule has 4 aliphatic carbocycles. The zero-order valence-corrected chi connectivity index (χ0v) is 68.0. The molecule has 16 aromatic rings. The molecule has 0 atom stereocenters. The molecular formula is C110H92BClN4O2. The minimum Gasteiger partial charge on any atom is -0.399 e. The van der Waals surface area contributed by atoms with Crippen LogP contribution >= 0.6 is 11.6 Å². The number of nitrogens with zero attached hydrogens (tertiary/aromatic N) is 4. The molecule has 1 saturated heterocycles. The number of hydrogen-bond donors (Lipinski definition) is 0. The molecule has 2 saturated carbocycles. The summed E-state index contributed by atoms with van der Waals surface area (Å²) in [6.45, 7) is 8.47. The van der Waals surface area contributed by atoms with E-state index in [9.17, 15) is 0 Å². The lowest BCUT2D eigenvalue weighted by molar-refractivity contribution is 0.00578. The number of halogens is 1. The van der Waals surface area contributed by atoms with Crippen molar-refractivity contribution in [2.75, 3.05) is 0 Å². The van der Waals surface area contributed by atoms with Crippen LogP contribution in [0.15, 0.2) is 364 Å². The Hall–Kier alpha value is -12.5. The summed E-state index contributed by atoms with van der Waals surface area (Å²) < 4.78 is 12.6. The van der Waals surface area contributed by atoms with E-state index >= 15 is 0 Å². The number of rotatable bonds is 12. The molecular weight excluding hydrogens is 1460 g/mol. The summed E-state index contributed by atoms with van der Waals surface area (Å²) in [5, 5.41) is 0.724. The summed E-state index contributed by atoms with van der Waals surface area (Å²) in [6.07, 6.45) is 13.1. The lowest BCUT2D eigenvalue weighted by atomic mass is 9.67. The summed E-state index contributed by atoms with van der Waals surface area (Å²) in [6, 6.07) is 129. The SMILES string of the molecule is CC1(C)OB(c2ccc3c(c2)-c2ccccc2C32CCCCC2)OC1(C)C.Clc1ccc(-c2cccc(-c3nc(-c4ccccc4)cc(-c4ccc(-c5ccccc5)cc4)n3)c2)cc1.c1ccc(-c2ccc(-c3cc(-c4ccccc4)nc(-c4cccc(-c5ccc(-c6ccc7c(c6)-c6ccccc6C76CCCCC6)cc5)c4)n3)cc2)cc1. The highest BCUT2D eigenvalue weighted by atomic mass is 35.5. The Bertz CT molecular complexity index is 6290. The minimum absolute atomic E-state index is 0.190. The smallest absolute Gasteiger partial charge is 0.399 e. The molecule has 6 nitrogen and oxygen atoms in total. The molecule has 8 heteroatoms. The van der Waals surface area contributed by atoms with Crippen LogP contribution in [0.4, 0.5) is 0 Å². The van der Waals surface area contributed by atoms with Crippen molar-refractivity contribution in [1.29, 1.82) is 0 Å². The van der Waals surface area contributed by atoms with E-state index in [2.05, 4.69) is 331 Å². The Balaban J connectivity index is 0.000000125. The van der Waals surface area contributed by atoms with Gasteiger partial charge in [0.15, 0.2) is 11.6 Å². The normalized spacial score (nSPS) is 15.3. The van der Waals surface area contributed by atoms with Gasteiger partial charge in [-0.15, -0.1) is 0 Å². The lowest BCUT2D eigenvalue weighted by Crippen LogP contribution is -2.41. The highest BCUT2D eigenvalue weighted by molar-refractivity contribution is 6.62. The summed E-state index contributed by atoms with van der Waals surface area (Å²) in [5.74, 6) is 1.41. The van der Waals surface area contributed by atoms with E-state index in [0.717, 1.165) is 83.3 Å². The number of aromatic nitrogens is 4. The Morgan fingerprint density at radius 2 is 0.517 bits per heavy atom. The van der Waals surface area contributed by atoms with E-state index in [0.29, 0.717) is 11.6 Å². The molecule has 3 fully saturated rings. The summed E-state index contributed by atoms with van der Waals surface area (Å²) in [4.78, 5) is 20.3. The van der Waals surface area contributed by atoms with Gasteiger partial charge in [0, 0.05) is 49.2 Å². The van der Waals surface area contributed by atoms with Crippen molar-refractivity contribution in [1.82, 2.24) is 19.9 Å². The Morgan fingerprint density at radius 1 is 0.237 bits per heavy atom. The molecule has 118 heavy (non-hydrogen) atoms. The molecule has 2 spiro atoms. The topological polar surface area (TPSA) is 70.0 Å². The molecule has 0 bridgehead atoms. The fraction of sp³-hybridized carbons (Fsp3) is 0.164. The van der Waals surface area contributed by atoms with Gasteiger partial charge >= 0.3 is 7.12 Å². The maximum absolute atomic E-state index is 6.31. The van der Waals surface area contributed by atoms with Gasteiger partial charge in [0.2, 0.25) is 0 Å². The summed E-state index contributed by atoms with van der Waals surface area (Å²) in [5.41, 5.74) is 34.3. The van der Waals surface area contributed by atoms with Crippen molar-refractivity contribution >= 4 is 24.2 Å². The predicted octanol–water partition coefficient (Wildman–Crippen LogP) is 28.4. The van der Waals surface area contributed by atoms with Gasteiger partial charge in [-0.1, -0.05) is 372 Å². The summed E-state index contributed by atoms with van der Waals surface area (Å²) in [7, 11) is -0.296. The maximum Gasteiger partial charge on any atom is 0.494 e. The predicted molar refractivity (Wildman–Crippen MR) is 490 cm³/mol. The third kappa shape index (κ3) is 14.9. The van der Waals surface area contributed by atoms with E-state index in [1.165, 1.54) is 142 Å². The number of fused-ring (bicyclic) bond motifs is 10. The highest BCUT2D eigenvalue weighted by Crippen LogP contribution is 2.58. The van der Waals surface area contributed by atoms with E-state index in [1.807, 2.05) is 60.7 Å². The van der Waals surface area contributed by atoms with Gasteiger partial charge in [-0.05, 0) is 201 Å². The quantitative estimate of drug-likeness (QED) is 0.114. The van der Waals surface area contributed by atoms with Crippen LogP contribution in [0.5, 0.6) is 0 Å². The second kappa shape index (κ2) is 32.2. The monoisotopic (exact) mass is 1550 g/mol. The van der Waals surface area contributed by atoms with E-state index < -0.39 is 0 Å². The van der Waals surface area contributed by atoms with Crippen molar-refractivity contribution in [3.63, 3.8) is 0 Å². The fourth-order valence-electron chi connectivity index (χ4n) is 18.7. The van der Waals surface area contributed by atoms with Gasteiger partial charge in [0.25, 0.3) is 0 Å². The van der Waals surface area contributed by atoms with Crippen molar-refractivity contribution < 1.29 is 9.31 Å². The Morgan fingerprint density at radius 3 is 0.924 bits per heavy atom. The van der Waals surface area contributed by atoms with Crippen LogP contribution in [0.25, 0.3) is 146 Å². The maximum atomic E-state index is 6.31. The van der Waals surface area contributed by atoms with Gasteiger partial charge in [0.1, 0.15) is 0 Å². The molecule has 0 amide bonds. The average molecular weight is 1550 g/mol. The molecule has 14 aromatic carbocycles. The van der Waals surface area contributed by atoms with E-state index in [1.54, 1.807) is 5.56 Å². The van der Waals surface area contributed by atoms with Gasteiger partial charge in [-0.25, -0.2) is 19.9 Å². The first-order valence-electron chi connectivity index (χ1n) is 41.9. The van der Waals surface area contributed by atoms with Gasteiger partial charge in [0.05, 0.1) is 34.0 Å². The molecule has 0 N–H and O–H groups in total. The molecule has 0 radical (unpaired) electrons. The zero-order valence-electron chi connectivity index (χ0n) is 67.3. The van der Waals surface area contributed by atoms with Crippen LogP contribution in [0, 0.1) is 0 Å². The first-order valence-corrected chi connectivity index (χ1v) is 42.3. The molecule has 21 rings (SSSR count).